The van der Waals surface area contributed by atoms with Crippen molar-refractivity contribution in [1.82, 2.24) is 15.1 Å². The summed E-state index contributed by atoms with van der Waals surface area (Å²) in [5.74, 6) is 0.628. The molecule has 0 unspecified atom stereocenters. The second-order valence-electron chi connectivity index (χ2n) is 4.26. The van der Waals surface area contributed by atoms with Gasteiger partial charge in [-0.3, -0.25) is 0 Å². The van der Waals surface area contributed by atoms with Gasteiger partial charge in [0.15, 0.2) is 0 Å². The molecule has 2 aromatic heterocycles. The maximum atomic E-state index is 8.83. The van der Waals surface area contributed by atoms with E-state index in [2.05, 4.69) is 21.2 Å². The number of aromatic nitrogens is 3. The molecular weight excluding hydrogens is 240 g/mol. The lowest BCUT2D eigenvalue weighted by molar-refractivity contribution is 0.442. The first-order chi connectivity index (χ1) is 9.19. The third-order valence-corrected chi connectivity index (χ3v) is 2.91. The summed E-state index contributed by atoms with van der Waals surface area (Å²) in [5.41, 5.74) is 3.57. The normalized spacial score (nSPS) is 10.6. The molecule has 92 valence electrons. The molecule has 1 aromatic carbocycles. The van der Waals surface area contributed by atoms with Crippen LogP contribution in [0.25, 0.3) is 22.4 Å². The molecule has 0 fully saturated rings. The fraction of sp³-hybridized carbons (Fsp3) is 0.143. The molecule has 0 aliphatic rings. The predicted molar refractivity (Wildman–Crippen MR) is 69.2 cm³/mol. The van der Waals surface area contributed by atoms with Crippen LogP contribution in [0.1, 0.15) is 17.1 Å². The van der Waals surface area contributed by atoms with Gasteiger partial charge >= 0.3 is 0 Å². The van der Waals surface area contributed by atoms with Crippen molar-refractivity contribution in [2.75, 3.05) is 0 Å². The van der Waals surface area contributed by atoms with Crippen molar-refractivity contribution in [3.8, 4) is 17.3 Å². The molecule has 5 nitrogen and oxygen atoms in total. The van der Waals surface area contributed by atoms with Crippen molar-refractivity contribution in [3.05, 3.63) is 41.3 Å². The first kappa shape index (κ1) is 11.4. The van der Waals surface area contributed by atoms with Gasteiger partial charge in [0, 0.05) is 5.56 Å². The smallest absolute Gasteiger partial charge is 0.261 e. The summed E-state index contributed by atoms with van der Waals surface area (Å²) in [6.07, 6.45) is 0. The van der Waals surface area contributed by atoms with Crippen LogP contribution in [0.15, 0.2) is 28.8 Å². The SMILES string of the molecule is Cc1nc(-c2ccc(C#N)cc2)c2c(C)noc2n1. The molecule has 0 aliphatic carbocycles. The minimum Gasteiger partial charge on any atom is -0.335 e. The summed E-state index contributed by atoms with van der Waals surface area (Å²) in [7, 11) is 0. The second kappa shape index (κ2) is 4.18. The molecular formula is C14H10N4O. The molecule has 0 aliphatic heterocycles. The first-order valence-electron chi connectivity index (χ1n) is 5.80. The molecule has 5 heteroatoms. The number of nitriles is 1. The average molecular weight is 250 g/mol. The van der Waals surface area contributed by atoms with Gasteiger partial charge in [0.05, 0.1) is 28.4 Å². The highest BCUT2D eigenvalue weighted by Crippen LogP contribution is 2.28. The van der Waals surface area contributed by atoms with Crippen molar-refractivity contribution in [3.63, 3.8) is 0 Å². The summed E-state index contributed by atoms with van der Waals surface area (Å²) in [5, 5.41) is 13.6. The number of aryl methyl sites for hydroxylation is 2. The highest BCUT2D eigenvalue weighted by Gasteiger charge is 2.14. The molecule has 0 bridgehead atoms. The second-order valence-corrected chi connectivity index (χ2v) is 4.26. The van der Waals surface area contributed by atoms with Gasteiger partial charge in [-0.1, -0.05) is 17.3 Å². The first-order valence-corrected chi connectivity index (χ1v) is 5.80. The van der Waals surface area contributed by atoms with Crippen molar-refractivity contribution >= 4 is 11.1 Å². The molecule has 0 atom stereocenters. The van der Waals surface area contributed by atoms with Gasteiger partial charge in [-0.15, -0.1) is 0 Å². The number of rotatable bonds is 1. The molecule has 0 saturated heterocycles. The third kappa shape index (κ3) is 1.83. The Bertz CT molecular complexity index is 797. The van der Waals surface area contributed by atoms with Crippen LogP contribution in [0.2, 0.25) is 0 Å². The zero-order valence-electron chi connectivity index (χ0n) is 10.5. The Labute approximate surface area is 109 Å². The van der Waals surface area contributed by atoms with Crippen molar-refractivity contribution in [2.24, 2.45) is 0 Å². The van der Waals surface area contributed by atoms with Crippen molar-refractivity contribution in [2.45, 2.75) is 13.8 Å². The maximum absolute atomic E-state index is 8.83. The topological polar surface area (TPSA) is 75.6 Å². The van der Waals surface area contributed by atoms with Crippen LogP contribution in [-0.2, 0) is 0 Å². The fourth-order valence-corrected chi connectivity index (χ4v) is 2.01. The van der Waals surface area contributed by atoms with Gasteiger partial charge in [-0.2, -0.15) is 10.2 Å². The Kier molecular flexibility index (Phi) is 2.50. The largest absolute Gasteiger partial charge is 0.335 e. The van der Waals surface area contributed by atoms with E-state index in [4.69, 9.17) is 9.78 Å². The zero-order chi connectivity index (χ0) is 13.4. The molecule has 3 aromatic rings. The van der Waals surface area contributed by atoms with E-state index in [0.29, 0.717) is 17.1 Å². The number of fused-ring (bicyclic) bond motifs is 1. The van der Waals surface area contributed by atoms with E-state index in [0.717, 1.165) is 22.3 Å². The number of hydrogen-bond donors (Lipinski definition) is 0. The van der Waals surface area contributed by atoms with Crippen LogP contribution in [0.4, 0.5) is 0 Å². The molecule has 19 heavy (non-hydrogen) atoms. The van der Waals surface area contributed by atoms with E-state index in [1.165, 1.54) is 0 Å². The van der Waals surface area contributed by atoms with Crippen LogP contribution in [-0.4, -0.2) is 15.1 Å². The Morgan fingerprint density at radius 2 is 1.84 bits per heavy atom. The Hall–Kier alpha value is -2.74. The fourth-order valence-electron chi connectivity index (χ4n) is 2.01. The summed E-state index contributed by atoms with van der Waals surface area (Å²) >= 11 is 0. The monoisotopic (exact) mass is 250 g/mol. The van der Waals surface area contributed by atoms with Gasteiger partial charge in [0.1, 0.15) is 5.82 Å². The van der Waals surface area contributed by atoms with Crippen molar-refractivity contribution < 1.29 is 4.52 Å². The van der Waals surface area contributed by atoms with E-state index < -0.39 is 0 Å². The zero-order valence-corrected chi connectivity index (χ0v) is 10.5. The van der Waals surface area contributed by atoms with Gasteiger partial charge in [-0.05, 0) is 26.0 Å². The molecule has 0 radical (unpaired) electrons. The molecule has 2 heterocycles. The summed E-state index contributed by atoms with van der Waals surface area (Å²) in [4.78, 5) is 8.69. The molecule has 0 amide bonds. The van der Waals surface area contributed by atoms with Crippen LogP contribution in [0.5, 0.6) is 0 Å². The lowest BCUT2D eigenvalue weighted by Gasteiger charge is -2.03. The predicted octanol–water partition coefficient (Wildman–Crippen LogP) is 2.77. The van der Waals surface area contributed by atoms with Gasteiger partial charge in [-0.25, -0.2) is 4.98 Å². The number of hydrogen-bond acceptors (Lipinski definition) is 5. The van der Waals surface area contributed by atoms with Crippen LogP contribution in [0, 0.1) is 25.2 Å². The van der Waals surface area contributed by atoms with E-state index in [1.807, 2.05) is 26.0 Å². The Morgan fingerprint density at radius 1 is 1.11 bits per heavy atom. The minimum absolute atomic E-state index is 0.490. The lowest BCUT2D eigenvalue weighted by Crippen LogP contribution is -1.93. The summed E-state index contributed by atoms with van der Waals surface area (Å²) in [6, 6.07) is 9.36. The highest BCUT2D eigenvalue weighted by molar-refractivity contribution is 5.91. The molecule has 0 spiro atoms. The summed E-state index contributed by atoms with van der Waals surface area (Å²) < 4.78 is 5.18. The Morgan fingerprint density at radius 3 is 2.53 bits per heavy atom. The standard InChI is InChI=1S/C14H10N4O/c1-8-12-13(11-5-3-10(7-15)4-6-11)16-9(2)17-14(12)19-18-8/h3-6H,1-2H3. The third-order valence-electron chi connectivity index (χ3n) is 2.91. The van der Waals surface area contributed by atoms with Gasteiger partial charge in [0.25, 0.3) is 5.71 Å². The van der Waals surface area contributed by atoms with E-state index >= 15 is 0 Å². The van der Waals surface area contributed by atoms with Crippen LogP contribution in [0.3, 0.4) is 0 Å². The van der Waals surface area contributed by atoms with E-state index in [1.54, 1.807) is 12.1 Å². The van der Waals surface area contributed by atoms with Crippen LogP contribution < -0.4 is 0 Å². The average Bonchev–Trinajstić information content (AvgIpc) is 2.79. The maximum Gasteiger partial charge on any atom is 0.261 e. The quantitative estimate of drug-likeness (QED) is 0.663. The molecule has 0 N–H and O–H groups in total. The van der Waals surface area contributed by atoms with Crippen molar-refractivity contribution in [1.29, 1.82) is 5.26 Å². The number of benzene rings is 1. The molecule has 3 rings (SSSR count). The van der Waals surface area contributed by atoms with Gasteiger partial charge in [0.2, 0.25) is 0 Å². The number of nitrogens with zero attached hydrogens (tertiary/aromatic N) is 4. The van der Waals surface area contributed by atoms with E-state index in [9.17, 15) is 0 Å². The Balaban J connectivity index is 2.28. The molecule has 0 saturated carbocycles. The van der Waals surface area contributed by atoms with Gasteiger partial charge < -0.3 is 4.52 Å². The van der Waals surface area contributed by atoms with Crippen LogP contribution >= 0.6 is 0 Å². The lowest BCUT2D eigenvalue weighted by atomic mass is 10.1. The van der Waals surface area contributed by atoms with E-state index in [-0.39, 0.29) is 0 Å². The minimum atomic E-state index is 0.490. The summed E-state index contributed by atoms with van der Waals surface area (Å²) in [6.45, 7) is 3.67. The highest BCUT2D eigenvalue weighted by atomic mass is 16.5.